The molecule has 4 aliphatic rings. The molecule has 3 amide bonds. The van der Waals surface area contributed by atoms with Crippen LogP contribution in [0.15, 0.2) is 0 Å². The first-order valence-corrected chi connectivity index (χ1v) is 26.5. The molecule has 4 saturated carbocycles. The molecule has 4 rings (SSSR count). The van der Waals surface area contributed by atoms with Crippen molar-refractivity contribution in [2.75, 3.05) is 143 Å². The van der Waals surface area contributed by atoms with Crippen molar-refractivity contribution >= 4 is 40.3 Å². The van der Waals surface area contributed by atoms with Gasteiger partial charge in [-0.2, -0.15) is 0 Å². The normalized spacial score (nSPS) is 29.4. The fraction of sp³-hybridized carbons (Fsp3) is 0.938. The first kappa shape index (κ1) is 58.2. The van der Waals surface area contributed by atoms with Crippen molar-refractivity contribution in [1.29, 1.82) is 0 Å². The molecule has 18 nitrogen and oxygen atoms in total. The Morgan fingerprint density at radius 2 is 1.04 bits per heavy atom. The molecule has 0 saturated heterocycles. The molecule has 390 valence electrons. The Kier molecular flexibility index (Phi) is 28.3. The first-order chi connectivity index (χ1) is 32.4. The lowest BCUT2D eigenvalue weighted by Crippen LogP contribution is -2.62. The molecule has 0 aromatic carbocycles. The van der Waals surface area contributed by atoms with Crippen LogP contribution in [0.1, 0.15) is 78.6 Å². The number of nitrogens with one attached hydrogen (secondary N) is 3. The summed E-state index contributed by atoms with van der Waals surface area (Å²) in [5.41, 5.74) is -0.267. The van der Waals surface area contributed by atoms with Crippen LogP contribution in [0.4, 0.5) is 0 Å². The minimum absolute atomic E-state index is 0.00402. The molecule has 0 aromatic heterocycles. The average Bonchev–Trinajstić information content (AvgIpc) is 3.68. The highest BCUT2D eigenvalue weighted by molar-refractivity contribution is 14.1. The highest BCUT2D eigenvalue weighted by Gasteiger charge is 2.65. The summed E-state index contributed by atoms with van der Waals surface area (Å²) in [6.45, 7) is 15.6. The molecule has 11 atom stereocenters. The van der Waals surface area contributed by atoms with Crippen LogP contribution >= 0.6 is 22.6 Å². The van der Waals surface area contributed by atoms with Gasteiger partial charge in [-0.25, -0.2) is 0 Å². The van der Waals surface area contributed by atoms with E-state index in [-0.39, 0.29) is 70.8 Å². The van der Waals surface area contributed by atoms with E-state index in [0.717, 1.165) is 38.5 Å². The SMILES string of the molecule is C[C@H](CCC(=O)NCC(=O)NCCOCCOCCOCCOCCOCCOCCOCCOCCOCCNC(=O)CI)[C@H]1CC[C@H]2[C@@H]3[C@H](O)C[C@@H]4C[C@H](O)CC[C@]4(C)[C@H]3C[C@H](O)[C@]12C. The smallest absolute Gasteiger partial charge is 0.239 e. The molecule has 0 unspecified atom stereocenters. The summed E-state index contributed by atoms with van der Waals surface area (Å²) < 4.78 is 49.8. The van der Waals surface area contributed by atoms with E-state index in [1.165, 1.54) is 0 Å². The molecule has 4 aliphatic carbocycles. The minimum Gasteiger partial charge on any atom is -0.393 e. The zero-order chi connectivity index (χ0) is 48.3. The van der Waals surface area contributed by atoms with Gasteiger partial charge in [-0.05, 0) is 97.7 Å². The van der Waals surface area contributed by atoms with Gasteiger partial charge in [0.15, 0.2) is 0 Å². The molecule has 0 aromatic rings. The van der Waals surface area contributed by atoms with Crippen LogP contribution in [0, 0.1) is 46.3 Å². The third-order valence-electron chi connectivity index (χ3n) is 15.0. The third-order valence-corrected chi connectivity index (χ3v) is 15.7. The number of halogens is 1. The van der Waals surface area contributed by atoms with Crippen molar-refractivity contribution in [2.45, 2.75) is 96.9 Å². The Hall–Kier alpha value is -1.34. The van der Waals surface area contributed by atoms with E-state index < -0.39 is 12.2 Å². The van der Waals surface area contributed by atoms with Gasteiger partial charge in [0.05, 0.1) is 148 Å². The van der Waals surface area contributed by atoms with Gasteiger partial charge in [0, 0.05) is 19.5 Å². The van der Waals surface area contributed by atoms with Crippen LogP contribution in [0.25, 0.3) is 0 Å². The lowest BCUT2D eigenvalue weighted by Gasteiger charge is -2.63. The maximum atomic E-state index is 12.8. The summed E-state index contributed by atoms with van der Waals surface area (Å²) in [5.74, 6) is 0.996. The van der Waals surface area contributed by atoms with Crippen LogP contribution in [-0.4, -0.2) is 194 Å². The van der Waals surface area contributed by atoms with Gasteiger partial charge in [-0.1, -0.05) is 43.4 Å². The number of carbonyl (C=O) groups is 3. The predicted octanol–water partition coefficient (Wildman–Crippen LogP) is 2.30. The number of hydrogen-bond acceptors (Lipinski definition) is 15. The summed E-state index contributed by atoms with van der Waals surface area (Å²) in [5, 5.41) is 42.0. The Balaban J connectivity index is 0.870. The topological polar surface area (TPSA) is 231 Å². The number of rotatable bonds is 37. The van der Waals surface area contributed by atoms with Crippen molar-refractivity contribution < 1.29 is 72.3 Å². The van der Waals surface area contributed by atoms with Crippen LogP contribution in [0.3, 0.4) is 0 Å². The highest BCUT2D eigenvalue weighted by atomic mass is 127. The molecule has 0 bridgehead atoms. The summed E-state index contributed by atoms with van der Waals surface area (Å²) >= 11 is 2.01. The quantitative estimate of drug-likeness (QED) is 0.0298. The average molecular weight is 1070 g/mol. The number of ether oxygens (including phenoxy) is 9. The maximum Gasteiger partial charge on any atom is 0.239 e. The van der Waals surface area contributed by atoms with Gasteiger partial charge in [-0.3, -0.25) is 14.4 Å². The Bertz CT molecular complexity index is 1390. The number of amides is 3. The molecular weight excluding hydrogens is 985 g/mol. The second-order valence-corrected chi connectivity index (χ2v) is 19.9. The fourth-order valence-corrected chi connectivity index (χ4v) is 11.7. The standard InChI is InChI=1S/C48H86IN3O15/c1-35(38-5-6-39-46-40(32-42(55)48(38,39)3)47(2)9-8-37(53)30-36(47)31-41(46)54)4-7-43(56)52-34-45(58)51-11-13-60-15-17-62-19-21-64-23-25-66-27-29-67-28-26-65-24-22-63-20-18-61-16-14-59-12-10-50-44(57)33-49/h35-42,46,53-55H,4-34H2,1-3H3,(H,50,57)(H,51,58)(H,52,56)/t35-,36+,37-,38-,39+,40+,41-,42+,46+,47+,48-/m1/s1. The molecule has 0 radical (unpaired) electrons. The lowest BCUT2D eigenvalue weighted by molar-refractivity contribution is -0.207. The van der Waals surface area contributed by atoms with E-state index in [0.29, 0.717) is 162 Å². The van der Waals surface area contributed by atoms with Gasteiger partial charge in [0.25, 0.3) is 0 Å². The Labute approximate surface area is 413 Å². The summed E-state index contributed by atoms with van der Waals surface area (Å²) in [7, 11) is 0. The fourth-order valence-electron chi connectivity index (χ4n) is 11.5. The van der Waals surface area contributed by atoms with Crippen molar-refractivity contribution in [3.63, 3.8) is 0 Å². The summed E-state index contributed by atoms with van der Waals surface area (Å²) in [6, 6.07) is 0. The van der Waals surface area contributed by atoms with E-state index in [9.17, 15) is 29.7 Å². The third kappa shape index (κ3) is 19.7. The van der Waals surface area contributed by atoms with Gasteiger partial charge in [-0.15, -0.1) is 0 Å². The number of carbonyl (C=O) groups excluding carboxylic acids is 3. The van der Waals surface area contributed by atoms with Crippen molar-refractivity contribution in [3.8, 4) is 0 Å². The molecule has 0 heterocycles. The van der Waals surface area contributed by atoms with Crippen LogP contribution in [-0.2, 0) is 57.0 Å². The molecule has 0 aliphatic heterocycles. The zero-order valence-electron chi connectivity index (χ0n) is 40.7. The van der Waals surface area contributed by atoms with Crippen LogP contribution < -0.4 is 16.0 Å². The predicted molar refractivity (Wildman–Crippen MR) is 258 cm³/mol. The number of alkyl halides is 1. The molecular formula is C48H86IN3O15. The number of hydrogen-bond donors (Lipinski definition) is 6. The zero-order valence-corrected chi connectivity index (χ0v) is 42.9. The minimum atomic E-state index is -0.458. The number of fused-ring (bicyclic) bond motifs is 5. The molecule has 0 spiro atoms. The van der Waals surface area contributed by atoms with Gasteiger partial charge < -0.3 is 73.9 Å². The summed E-state index contributed by atoms with van der Waals surface area (Å²) in [6.07, 6.45) is 5.74. The number of aliphatic hydroxyl groups excluding tert-OH is 3. The summed E-state index contributed by atoms with van der Waals surface area (Å²) in [4.78, 5) is 36.2. The van der Waals surface area contributed by atoms with Crippen molar-refractivity contribution in [1.82, 2.24) is 16.0 Å². The molecule has 4 fully saturated rings. The molecule has 6 N–H and O–H groups in total. The van der Waals surface area contributed by atoms with E-state index in [4.69, 9.17) is 42.6 Å². The Morgan fingerprint density at radius 1 is 0.582 bits per heavy atom. The van der Waals surface area contributed by atoms with Crippen molar-refractivity contribution in [3.05, 3.63) is 0 Å². The monoisotopic (exact) mass is 1070 g/mol. The van der Waals surface area contributed by atoms with Gasteiger partial charge in [0.1, 0.15) is 0 Å². The van der Waals surface area contributed by atoms with Crippen LogP contribution in [0.2, 0.25) is 0 Å². The second kappa shape index (κ2) is 32.6. The van der Waals surface area contributed by atoms with Crippen molar-refractivity contribution in [2.24, 2.45) is 46.3 Å². The lowest BCUT2D eigenvalue weighted by atomic mass is 9.43. The van der Waals surface area contributed by atoms with E-state index in [1.54, 1.807) is 0 Å². The maximum absolute atomic E-state index is 12.8. The second-order valence-electron chi connectivity index (χ2n) is 19.2. The largest absolute Gasteiger partial charge is 0.393 e. The van der Waals surface area contributed by atoms with Gasteiger partial charge >= 0.3 is 0 Å². The molecule has 67 heavy (non-hydrogen) atoms. The molecule has 19 heteroatoms. The van der Waals surface area contributed by atoms with E-state index >= 15 is 0 Å². The number of aliphatic hydroxyl groups is 3. The van der Waals surface area contributed by atoms with Crippen LogP contribution in [0.5, 0.6) is 0 Å². The van der Waals surface area contributed by atoms with E-state index in [1.807, 2.05) is 22.6 Å². The highest BCUT2D eigenvalue weighted by Crippen LogP contribution is 2.68. The van der Waals surface area contributed by atoms with E-state index in [2.05, 4.69) is 36.7 Å². The van der Waals surface area contributed by atoms with Gasteiger partial charge in [0.2, 0.25) is 17.7 Å². The Morgan fingerprint density at radius 3 is 1.52 bits per heavy atom. The first-order valence-electron chi connectivity index (χ1n) is 25.0.